The first-order valence-electron chi connectivity index (χ1n) is 10.8. The van der Waals surface area contributed by atoms with Crippen LogP contribution in [0.4, 0.5) is 0 Å². The molecule has 0 N–H and O–H groups in total. The van der Waals surface area contributed by atoms with Crippen molar-refractivity contribution >= 4 is 22.6 Å². The zero-order chi connectivity index (χ0) is 23.4. The Morgan fingerprint density at radius 3 is 2.30 bits per heavy atom. The lowest BCUT2D eigenvalue weighted by Gasteiger charge is -2.13. The van der Waals surface area contributed by atoms with Crippen LogP contribution in [0.2, 0.25) is 0 Å². The van der Waals surface area contributed by atoms with E-state index in [2.05, 4.69) is 6.07 Å². The maximum atomic E-state index is 13.0. The smallest absolute Gasteiger partial charge is 0.311 e. The van der Waals surface area contributed by atoms with Crippen LogP contribution in [0.1, 0.15) is 31.1 Å². The van der Waals surface area contributed by atoms with E-state index in [9.17, 15) is 10.1 Å². The van der Waals surface area contributed by atoms with Crippen molar-refractivity contribution in [2.24, 2.45) is 17.3 Å². The molecule has 4 rings (SSSR count). The molecule has 3 aromatic rings. The number of hydrogen-bond acceptors (Lipinski definition) is 4. The van der Waals surface area contributed by atoms with E-state index in [0.717, 1.165) is 5.56 Å². The summed E-state index contributed by atoms with van der Waals surface area (Å²) in [6.45, 7) is 4.01. The summed E-state index contributed by atoms with van der Waals surface area (Å²) in [4.78, 5) is 13.0. The molecule has 0 radical (unpaired) electrons. The SMILES string of the molecule is CC1(C)C(C=C(Cl)c2ccccc2)C1C(=O)OC(C#N)c1cccc(Oc2ccccc2)c1. The maximum absolute atomic E-state index is 13.0. The molecule has 4 nitrogen and oxygen atoms in total. The number of nitrogens with zero attached hydrogens (tertiary/aromatic N) is 1. The lowest BCUT2D eigenvalue weighted by atomic mass is 10.1. The summed E-state index contributed by atoms with van der Waals surface area (Å²) in [5.41, 5.74) is 1.16. The minimum atomic E-state index is -1.03. The number of benzene rings is 3. The van der Waals surface area contributed by atoms with Crippen molar-refractivity contribution < 1.29 is 14.3 Å². The number of rotatable bonds is 7. The van der Waals surface area contributed by atoms with Gasteiger partial charge >= 0.3 is 5.97 Å². The third-order valence-corrected chi connectivity index (χ3v) is 6.38. The minimum absolute atomic E-state index is 0.0650. The molecule has 1 fully saturated rings. The fourth-order valence-corrected chi connectivity index (χ4v) is 4.28. The molecule has 0 heterocycles. The normalized spacial score (nSPS) is 19.8. The van der Waals surface area contributed by atoms with E-state index in [1.54, 1.807) is 24.3 Å². The van der Waals surface area contributed by atoms with Gasteiger partial charge in [0.25, 0.3) is 0 Å². The van der Waals surface area contributed by atoms with Crippen molar-refractivity contribution in [1.82, 2.24) is 0 Å². The second-order valence-electron chi connectivity index (χ2n) is 8.64. The van der Waals surface area contributed by atoms with Gasteiger partial charge in [0, 0.05) is 10.6 Å². The van der Waals surface area contributed by atoms with Crippen molar-refractivity contribution in [2.45, 2.75) is 20.0 Å². The van der Waals surface area contributed by atoms with Crippen molar-refractivity contribution in [3.05, 3.63) is 102 Å². The van der Waals surface area contributed by atoms with E-state index in [4.69, 9.17) is 21.1 Å². The lowest BCUT2D eigenvalue weighted by Crippen LogP contribution is -2.14. The van der Waals surface area contributed by atoms with E-state index >= 15 is 0 Å². The van der Waals surface area contributed by atoms with E-state index in [0.29, 0.717) is 22.1 Å². The number of hydrogen-bond donors (Lipinski definition) is 0. The molecule has 1 aliphatic rings. The highest BCUT2D eigenvalue weighted by atomic mass is 35.5. The summed E-state index contributed by atoms with van der Waals surface area (Å²) >= 11 is 6.49. The van der Waals surface area contributed by atoms with Crippen LogP contribution in [0.3, 0.4) is 0 Å². The van der Waals surface area contributed by atoms with E-state index < -0.39 is 12.1 Å². The topological polar surface area (TPSA) is 59.3 Å². The average molecular weight is 458 g/mol. The Bertz CT molecular complexity index is 1200. The van der Waals surface area contributed by atoms with Crippen LogP contribution in [0.15, 0.2) is 91.0 Å². The Morgan fingerprint density at radius 1 is 1.00 bits per heavy atom. The first-order chi connectivity index (χ1) is 15.9. The van der Waals surface area contributed by atoms with E-state index in [1.165, 1.54) is 0 Å². The third-order valence-electron chi connectivity index (χ3n) is 6.03. The number of halogens is 1. The van der Waals surface area contributed by atoms with Gasteiger partial charge in [-0.05, 0) is 41.2 Å². The summed E-state index contributed by atoms with van der Waals surface area (Å²) in [6, 6.07) is 28.1. The Morgan fingerprint density at radius 2 is 1.64 bits per heavy atom. The van der Waals surface area contributed by atoms with Crippen molar-refractivity contribution in [2.75, 3.05) is 0 Å². The largest absolute Gasteiger partial charge is 0.457 e. The van der Waals surface area contributed by atoms with Crippen LogP contribution < -0.4 is 4.74 Å². The zero-order valence-electron chi connectivity index (χ0n) is 18.4. The highest BCUT2D eigenvalue weighted by Crippen LogP contribution is 2.60. The lowest BCUT2D eigenvalue weighted by molar-refractivity contribution is -0.149. The van der Waals surface area contributed by atoms with Crippen molar-refractivity contribution in [1.29, 1.82) is 5.26 Å². The predicted octanol–water partition coefficient (Wildman–Crippen LogP) is 7.14. The van der Waals surface area contributed by atoms with Crippen molar-refractivity contribution in [3.63, 3.8) is 0 Å². The number of para-hydroxylation sites is 1. The molecule has 0 spiro atoms. The van der Waals surface area contributed by atoms with Gasteiger partial charge in [-0.1, -0.05) is 92.2 Å². The monoisotopic (exact) mass is 457 g/mol. The number of allylic oxidation sites excluding steroid dienone is 1. The molecule has 0 aromatic heterocycles. The maximum Gasteiger partial charge on any atom is 0.311 e. The Hall–Kier alpha value is -3.55. The molecular formula is C28H24ClNO3. The Kier molecular flexibility index (Phi) is 6.53. The molecule has 1 saturated carbocycles. The second-order valence-corrected chi connectivity index (χ2v) is 9.05. The van der Waals surface area contributed by atoms with Gasteiger partial charge in [-0.3, -0.25) is 4.79 Å². The fourth-order valence-electron chi connectivity index (χ4n) is 4.01. The fraction of sp³-hybridized carbons (Fsp3) is 0.214. The molecule has 1 aliphatic carbocycles. The highest BCUT2D eigenvalue weighted by molar-refractivity contribution is 6.48. The summed E-state index contributed by atoms with van der Waals surface area (Å²) in [6.07, 6.45) is 0.890. The van der Waals surface area contributed by atoms with Crippen molar-refractivity contribution in [3.8, 4) is 17.6 Å². The van der Waals surface area contributed by atoms with E-state index in [1.807, 2.05) is 80.6 Å². The standard InChI is InChI=1S/C28H24ClNO3/c1-28(2)23(17-24(29)19-10-5-3-6-11-19)26(28)27(31)33-25(18-30)20-12-9-15-22(16-20)32-21-13-7-4-8-14-21/h3-17,23,25-26H,1-2H3. The van der Waals surface area contributed by atoms with Gasteiger partial charge in [0.2, 0.25) is 6.10 Å². The molecule has 0 amide bonds. The predicted molar refractivity (Wildman–Crippen MR) is 128 cm³/mol. The van der Waals surface area contributed by atoms with Gasteiger partial charge in [0.15, 0.2) is 0 Å². The second kappa shape index (κ2) is 9.52. The molecule has 0 bridgehead atoms. The number of carbonyl (C=O) groups excluding carboxylic acids is 1. The summed E-state index contributed by atoms with van der Waals surface area (Å²) < 4.78 is 11.5. The number of carbonyl (C=O) groups is 1. The molecule has 0 aliphatic heterocycles. The first kappa shape index (κ1) is 22.6. The molecule has 5 heteroatoms. The number of ether oxygens (including phenoxy) is 2. The van der Waals surface area contributed by atoms with Crippen LogP contribution in [0, 0.1) is 28.6 Å². The first-order valence-corrected chi connectivity index (χ1v) is 11.1. The Labute approximate surface area is 199 Å². The minimum Gasteiger partial charge on any atom is -0.457 e. The van der Waals surface area contributed by atoms with Crippen LogP contribution in [-0.4, -0.2) is 5.97 Å². The summed E-state index contributed by atoms with van der Waals surface area (Å²) in [7, 11) is 0. The van der Waals surface area contributed by atoms with Gasteiger partial charge in [-0.2, -0.15) is 5.26 Å². The molecule has 3 unspecified atom stereocenters. The molecule has 166 valence electrons. The molecule has 3 atom stereocenters. The summed E-state index contributed by atoms with van der Waals surface area (Å²) in [5.74, 6) is 0.418. The molecule has 0 saturated heterocycles. The number of esters is 1. The molecule has 3 aromatic carbocycles. The van der Waals surface area contributed by atoms with Gasteiger partial charge in [0.05, 0.1) is 5.92 Å². The van der Waals surface area contributed by atoms with Gasteiger partial charge < -0.3 is 9.47 Å². The van der Waals surface area contributed by atoms with E-state index in [-0.39, 0.29) is 17.3 Å². The van der Waals surface area contributed by atoms with Crippen LogP contribution in [0.5, 0.6) is 11.5 Å². The van der Waals surface area contributed by atoms with Gasteiger partial charge in [-0.15, -0.1) is 0 Å². The highest BCUT2D eigenvalue weighted by Gasteiger charge is 2.62. The van der Waals surface area contributed by atoms with Crippen LogP contribution >= 0.6 is 11.6 Å². The molecule has 33 heavy (non-hydrogen) atoms. The quantitative estimate of drug-likeness (QED) is 0.354. The van der Waals surface area contributed by atoms with Gasteiger partial charge in [0.1, 0.15) is 17.6 Å². The number of nitriles is 1. The molecular weight excluding hydrogens is 434 g/mol. The third kappa shape index (κ3) is 5.10. The average Bonchev–Trinajstić information content (AvgIpc) is 3.38. The van der Waals surface area contributed by atoms with Crippen LogP contribution in [-0.2, 0) is 9.53 Å². The Balaban J connectivity index is 1.46. The zero-order valence-corrected chi connectivity index (χ0v) is 19.2. The van der Waals surface area contributed by atoms with Crippen LogP contribution in [0.25, 0.3) is 5.03 Å². The summed E-state index contributed by atoms with van der Waals surface area (Å²) in [5, 5.41) is 10.3. The van der Waals surface area contributed by atoms with Gasteiger partial charge in [-0.25, -0.2) is 0 Å².